The molecule has 0 bridgehead atoms. The number of aromatic nitrogens is 1. The minimum atomic E-state index is -0.805. The van der Waals surface area contributed by atoms with Crippen LogP contribution in [-0.4, -0.2) is 64.0 Å². The minimum Gasteiger partial charge on any atom is -0.391 e. The number of carbonyl (C=O) groups is 3. The van der Waals surface area contributed by atoms with Gasteiger partial charge in [-0.2, -0.15) is 0 Å². The van der Waals surface area contributed by atoms with Crippen LogP contribution in [0, 0.1) is 12.3 Å². The van der Waals surface area contributed by atoms with Gasteiger partial charge in [-0.3, -0.25) is 14.4 Å². The first-order valence-corrected chi connectivity index (χ1v) is 15.1. The first-order valence-electron chi connectivity index (χ1n) is 14.3. The van der Waals surface area contributed by atoms with Crippen molar-refractivity contribution in [3.63, 3.8) is 0 Å². The van der Waals surface area contributed by atoms with Gasteiger partial charge in [0, 0.05) is 25.9 Å². The van der Waals surface area contributed by atoms with Crippen molar-refractivity contribution in [1.82, 2.24) is 20.5 Å². The summed E-state index contributed by atoms with van der Waals surface area (Å²) in [6.07, 6.45) is 4.47. The number of hydrogen-bond acceptors (Lipinski definition) is 7. The molecule has 3 atom stereocenters. The number of unbranched alkanes of at least 4 members (excludes halogenated alkanes) is 4. The number of aliphatic hydroxyl groups is 1. The van der Waals surface area contributed by atoms with Crippen molar-refractivity contribution in [3.8, 4) is 10.4 Å². The average Bonchev–Trinajstić information content (AvgIpc) is 3.52. The topological polar surface area (TPSA) is 138 Å². The minimum absolute atomic E-state index is 0.0589. The van der Waals surface area contributed by atoms with E-state index in [1.165, 1.54) is 4.90 Å². The summed E-state index contributed by atoms with van der Waals surface area (Å²) >= 11 is 1.59. The molecular weight excluding hydrogens is 526 g/mol. The third kappa shape index (κ3) is 8.84. The Hall–Kier alpha value is -2.82. The Morgan fingerprint density at radius 1 is 1.12 bits per heavy atom. The van der Waals surface area contributed by atoms with E-state index >= 15 is 0 Å². The zero-order chi connectivity index (χ0) is 29.3. The largest absolute Gasteiger partial charge is 0.391 e. The number of nitrogens with two attached hydrogens (primary N) is 1. The maximum Gasteiger partial charge on any atom is 0.246 e. The number of aryl methyl sites for hydroxylation is 1. The monoisotopic (exact) mass is 571 g/mol. The van der Waals surface area contributed by atoms with Gasteiger partial charge in [0.2, 0.25) is 17.7 Å². The Kier molecular flexibility index (Phi) is 11.7. The van der Waals surface area contributed by atoms with E-state index in [1.54, 1.807) is 11.3 Å². The zero-order valence-electron chi connectivity index (χ0n) is 24.2. The van der Waals surface area contributed by atoms with Crippen LogP contribution in [0.25, 0.3) is 10.4 Å². The van der Waals surface area contributed by atoms with Crippen molar-refractivity contribution >= 4 is 29.1 Å². The Labute approximate surface area is 241 Å². The van der Waals surface area contributed by atoms with Gasteiger partial charge >= 0.3 is 0 Å². The molecule has 9 nitrogen and oxygen atoms in total. The van der Waals surface area contributed by atoms with Gasteiger partial charge in [-0.05, 0) is 42.9 Å². The van der Waals surface area contributed by atoms with E-state index in [0.717, 1.165) is 53.8 Å². The van der Waals surface area contributed by atoms with Gasteiger partial charge in [0.1, 0.15) is 12.1 Å². The van der Waals surface area contributed by atoms with Crippen LogP contribution in [-0.2, 0) is 20.9 Å². The summed E-state index contributed by atoms with van der Waals surface area (Å²) in [4.78, 5) is 46.5. The van der Waals surface area contributed by atoms with E-state index in [-0.39, 0.29) is 30.7 Å². The third-order valence-electron chi connectivity index (χ3n) is 7.32. The average molecular weight is 572 g/mol. The lowest BCUT2D eigenvalue weighted by molar-refractivity contribution is -0.144. The van der Waals surface area contributed by atoms with Gasteiger partial charge in [-0.25, -0.2) is 4.98 Å². The van der Waals surface area contributed by atoms with Gasteiger partial charge in [0.25, 0.3) is 0 Å². The van der Waals surface area contributed by atoms with Crippen molar-refractivity contribution in [3.05, 3.63) is 41.0 Å². The van der Waals surface area contributed by atoms with Crippen molar-refractivity contribution < 1.29 is 19.5 Å². The lowest BCUT2D eigenvalue weighted by Gasteiger charge is -2.35. The van der Waals surface area contributed by atoms with Crippen LogP contribution in [0.1, 0.15) is 77.0 Å². The number of nitrogens with one attached hydrogen (secondary N) is 2. The van der Waals surface area contributed by atoms with Gasteiger partial charge < -0.3 is 26.4 Å². The smallest absolute Gasteiger partial charge is 0.246 e. The molecule has 0 spiro atoms. The van der Waals surface area contributed by atoms with E-state index < -0.39 is 23.6 Å². The van der Waals surface area contributed by atoms with Crippen LogP contribution >= 0.6 is 11.3 Å². The lowest BCUT2D eigenvalue weighted by Crippen LogP contribution is -2.57. The SMILES string of the molecule is Cc1ncsc1-c1ccc(CNC(=O)C2CC(O)CN2C(=O)C(NC(=O)CCCCCCCN)C(C)(C)C)cc1. The van der Waals surface area contributed by atoms with Crippen LogP contribution in [0.15, 0.2) is 29.8 Å². The molecule has 2 aromatic rings. The summed E-state index contributed by atoms with van der Waals surface area (Å²) in [6, 6.07) is 6.34. The number of aliphatic hydroxyl groups excluding tert-OH is 1. The predicted octanol–water partition coefficient (Wildman–Crippen LogP) is 3.53. The number of thiazole rings is 1. The van der Waals surface area contributed by atoms with E-state index in [2.05, 4.69) is 15.6 Å². The van der Waals surface area contributed by atoms with E-state index in [4.69, 9.17) is 5.73 Å². The number of rotatable bonds is 13. The third-order valence-corrected chi connectivity index (χ3v) is 8.30. The molecule has 0 radical (unpaired) electrons. The maximum absolute atomic E-state index is 13.7. The van der Waals surface area contributed by atoms with Crippen LogP contribution in [0.5, 0.6) is 0 Å². The van der Waals surface area contributed by atoms with Crippen molar-refractivity contribution in [2.75, 3.05) is 13.1 Å². The van der Waals surface area contributed by atoms with E-state index in [1.807, 2.05) is 57.5 Å². The number of hydrogen-bond donors (Lipinski definition) is 4. The summed E-state index contributed by atoms with van der Waals surface area (Å²) in [5.41, 5.74) is 9.77. The molecule has 1 aliphatic heterocycles. The van der Waals surface area contributed by atoms with Crippen LogP contribution in [0.3, 0.4) is 0 Å². The van der Waals surface area contributed by atoms with E-state index in [9.17, 15) is 19.5 Å². The molecule has 220 valence electrons. The molecule has 1 aromatic heterocycles. The Morgan fingerprint density at radius 3 is 2.42 bits per heavy atom. The summed E-state index contributed by atoms with van der Waals surface area (Å²) < 4.78 is 0. The Morgan fingerprint density at radius 2 is 1.80 bits per heavy atom. The fraction of sp³-hybridized carbons (Fsp3) is 0.600. The zero-order valence-corrected chi connectivity index (χ0v) is 25.1. The van der Waals surface area contributed by atoms with Crippen molar-refractivity contribution in [2.45, 2.75) is 97.4 Å². The van der Waals surface area contributed by atoms with Gasteiger partial charge in [-0.15, -0.1) is 11.3 Å². The number of carbonyl (C=O) groups excluding carboxylic acids is 3. The second-order valence-electron chi connectivity index (χ2n) is 11.8. The summed E-state index contributed by atoms with van der Waals surface area (Å²) in [6.45, 7) is 8.69. The number of likely N-dealkylation sites (tertiary alicyclic amines) is 1. The number of amides is 3. The highest BCUT2D eigenvalue weighted by atomic mass is 32.1. The quantitative estimate of drug-likeness (QED) is 0.272. The van der Waals surface area contributed by atoms with E-state index in [0.29, 0.717) is 19.5 Å². The number of β-amino-alcohol motifs (C(OH)–C–C–N with tert-alkyl or cyclic N) is 1. The molecule has 3 rings (SSSR count). The fourth-order valence-corrected chi connectivity index (χ4v) is 5.79. The molecule has 1 aromatic carbocycles. The molecule has 1 saturated heterocycles. The van der Waals surface area contributed by atoms with Gasteiger partial charge in [0.05, 0.1) is 22.2 Å². The van der Waals surface area contributed by atoms with Crippen LogP contribution in [0.2, 0.25) is 0 Å². The van der Waals surface area contributed by atoms with Crippen LogP contribution < -0.4 is 16.4 Å². The fourth-order valence-electron chi connectivity index (χ4n) is 4.97. The first kappa shape index (κ1) is 31.7. The second-order valence-corrected chi connectivity index (χ2v) is 12.6. The van der Waals surface area contributed by atoms with Gasteiger partial charge in [0.15, 0.2) is 0 Å². The highest BCUT2D eigenvalue weighted by molar-refractivity contribution is 7.13. The summed E-state index contributed by atoms with van der Waals surface area (Å²) in [7, 11) is 0. The Balaban J connectivity index is 1.59. The molecule has 2 heterocycles. The standard InChI is InChI=1S/C30H45N5O4S/c1-20-26(40-19-33-20)22-13-11-21(12-14-22)17-32-28(38)24-16-23(36)18-35(24)29(39)27(30(2,3)4)34-25(37)10-8-6-5-7-9-15-31/h11-14,19,23-24,27,36H,5-10,15-18,31H2,1-4H3,(H,32,38)(H,34,37). The molecule has 3 amide bonds. The molecule has 1 fully saturated rings. The van der Waals surface area contributed by atoms with Crippen molar-refractivity contribution in [1.29, 1.82) is 0 Å². The molecule has 3 unspecified atom stereocenters. The highest BCUT2D eigenvalue weighted by Crippen LogP contribution is 2.28. The number of benzene rings is 1. The molecule has 40 heavy (non-hydrogen) atoms. The molecule has 10 heteroatoms. The molecule has 0 aliphatic carbocycles. The summed E-state index contributed by atoms with van der Waals surface area (Å²) in [5, 5.41) is 16.2. The number of nitrogens with zero attached hydrogens (tertiary/aromatic N) is 2. The summed E-state index contributed by atoms with van der Waals surface area (Å²) in [5.74, 6) is -0.835. The second kappa shape index (κ2) is 14.7. The predicted molar refractivity (Wildman–Crippen MR) is 158 cm³/mol. The molecule has 5 N–H and O–H groups in total. The molecule has 1 aliphatic rings. The molecular formula is C30H45N5O4S. The highest BCUT2D eigenvalue weighted by Gasteiger charge is 2.44. The van der Waals surface area contributed by atoms with Crippen molar-refractivity contribution in [2.24, 2.45) is 11.1 Å². The first-order chi connectivity index (χ1) is 19.0. The van der Waals surface area contributed by atoms with Crippen LogP contribution in [0.4, 0.5) is 0 Å². The van der Waals surface area contributed by atoms with Gasteiger partial charge in [-0.1, -0.05) is 64.3 Å². The maximum atomic E-state index is 13.7. The lowest BCUT2D eigenvalue weighted by atomic mass is 9.85. The molecule has 0 saturated carbocycles. The Bertz CT molecular complexity index is 1130. The normalized spacial score (nSPS) is 18.0.